The average Bonchev–Trinajstić information content (AvgIpc) is 3.54. The van der Waals surface area contributed by atoms with Crippen molar-refractivity contribution in [2.45, 2.75) is 51.6 Å². The number of nitriles is 1. The van der Waals surface area contributed by atoms with Crippen molar-refractivity contribution in [3.63, 3.8) is 0 Å². The highest BCUT2D eigenvalue weighted by molar-refractivity contribution is 5.67. The minimum atomic E-state index is -1.32. The summed E-state index contributed by atoms with van der Waals surface area (Å²) in [5.41, 5.74) is 1.78. The van der Waals surface area contributed by atoms with Crippen LogP contribution < -0.4 is 0 Å². The standard InChI is InChI=1S/C26H26FN3O/c1-17-11-18(21-7-6-19(12-23(21)27)25(15-28)9-10-25)5-8-22(17)26(31,24(2,3)4)20-13-29-16-30-14-20/h5-8,11-14,16,31H,9-10H2,1-4H3. The molecule has 1 atom stereocenters. The lowest BCUT2D eigenvalue weighted by Crippen LogP contribution is -2.42. The fourth-order valence-electron chi connectivity index (χ4n) is 4.35. The van der Waals surface area contributed by atoms with Crippen LogP contribution in [0.15, 0.2) is 55.1 Å². The molecule has 0 saturated heterocycles. The summed E-state index contributed by atoms with van der Waals surface area (Å²) < 4.78 is 15.0. The third kappa shape index (κ3) is 3.41. The van der Waals surface area contributed by atoms with E-state index in [-0.39, 0.29) is 5.82 Å². The van der Waals surface area contributed by atoms with E-state index in [1.807, 2.05) is 52.0 Å². The zero-order chi connectivity index (χ0) is 22.4. The maximum absolute atomic E-state index is 15.0. The Bertz CT molecular complexity index is 1170. The molecule has 0 amide bonds. The molecule has 31 heavy (non-hydrogen) atoms. The first-order chi connectivity index (χ1) is 14.6. The largest absolute Gasteiger partial charge is 0.380 e. The van der Waals surface area contributed by atoms with E-state index in [4.69, 9.17) is 0 Å². The third-order valence-electron chi connectivity index (χ3n) is 6.48. The Morgan fingerprint density at radius 3 is 2.26 bits per heavy atom. The average molecular weight is 416 g/mol. The third-order valence-corrected chi connectivity index (χ3v) is 6.48. The summed E-state index contributed by atoms with van der Waals surface area (Å²) in [7, 11) is 0. The number of rotatable bonds is 4. The Morgan fingerprint density at radius 2 is 1.74 bits per heavy atom. The molecule has 0 spiro atoms. The zero-order valence-electron chi connectivity index (χ0n) is 18.3. The van der Waals surface area contributed by atoms with Crippen LogP contribution in [0, 0.1) is 29.5 Å². The molecule has 1 aromatic heterocycles. The molecule has 0 aliphatic heterocycles. The number of aryl methyl sites for hydroxylation is 1. The van der Waals surface area contributed by atoms with E-state index in [2.05, 4.69) is 16.0 Å². The lowest BCUT2D eigenvalue weighted by atomic mass is 9.68. The molecule has 0 bridgehead atoms. The van der Waals surface area contributed by atoms with Gasteiger partial charge in [0.15, 0.2) is 0 Å². The molecule has 1 fully saturated rings. The fourth-order valence-corrected chi connectivity index (χ4v) is 4.35. The Morgan fingerprint density at radius 1 is 1.06 bits per heavy atom. The maximum Gasteiger partial charge on any atom is 0.131 e. The number of benzene rings is 2. The molecule has 4 rings (SSSR count). The predicted octanol–water partition coefficient (Wildman–Crippen LogP) is 5.43. The van der Waals surface area contributed by atoms with Gasteiger partial charge in [-0.25, -0.2) is 14.4 Å². The van der Waals surface area contributed by atoms with Gasteiger partial charge in [0.2, 0.25) is 0 Å². The number of hydrogen-bond acceptors (Lipinski definition) is 4. The van der Waals surface area contributed by atoms with Crippen molar-refractivity contribution >= 4 is 0 Å². The monoisotopic (exact) mass is 415 g/mol. The van der Waals surface area contributed by atoms with Crippen LogP contribution in [-0.4, -0.2) is 15.1 Å². The van der Waals surface area contributed by atoms with Crippen molar-refractivity contribution in [3.05, 3.63) is 83.2 Å². The fraction of sp³-hybridized carbons (Fsp3) is 0.346. The first-order valence-corrected chi connectivity index (χ1v) is 10.4. The van der Waals surface area contributed by atoms with Gasteiger partial charge in [0.05, 0.1) is 11.5 Å². The molecular formula is C26H26FN3O. The number of hydrogen-bond donors (Lipinski definition) is 1. The summed E-state index contributed by atoms with van der Waals surface area (Å²) in [5, 5.41) is 21.2. The molecule has 1 unspecified atom stereocenters. The van der Waals surface area contributed by atoms with Gasteiger partial charge in [-0.2, -0.15) is 5.26 Å². The van der Waals surface area contributed by atoms with Gasteiger partial charge in [-0.05, 0) is 53.5 Å². The summed E-state index contributed by atoms with van der Waals surface area (Å²) in [6, 6.07) is 13.0. The van der Waals surface area contributed by atoms with Gasteiger partial charge in [-0.1, -0.05) is 51.1 Å². The summed E-state index contributed by atoms with van der Waals surface area (Å²) >= 11 is 0. The van der Waals surface area contributed by atoms with Crippen LogP contribution in [0.2, 0.25) is 0 Å². The normalized spacial score (nSPS) is 16.9. The summed E-state index contributed by atoms with van der Waals surface area (Å²) in [5.74, 6) is -0.339. The topological polar surface area (TPSA) is 69.8 Å². The lowest BCUT2D eigenvalue weighted by molar-refractivity contribution is -0.0269. The molecule has 1 heterocycles. The Labute approximate surface area is 182 Å². The second-order valence-corrected chi connectivity index (χ2v) is 9.51. The Hall–Kier alpha value is -3.10. The van der Waals surface area contributed by atoms with Crippen LogP contribution in [0.3, 0.4) is 0 Å². The molecule has 1 aliphatic rings. The molecule has 2 aromatic carbocycles. The highest BCUT2D eigenvalue weighted by Gasteiger charge is 2.46. The van der Waals surface area contributed by atoms with Crippen molar-refractivity contribution in [1.29, 1.82) is 5.26 Å². The van der Waals surface area contributed by atoms with E-state index >= 15 is 0 Å². The van der Waals surface area contributed by atoms with E-state index in [0.29, 0.717) is 11.1 Å². The molecule has 158 valence electrons. The molecular weight excluding hydrogens is 389 g/mol. The summed E-state index contributed by atoms with van der Waals surface area (Å²) in [6.45, 7) is 7.82. The molecule has 1 saturated carbocycles. The van der Waals surface area contributed by atoms with E-state index in [1.54, 1.807) is 18.5 Å². The van der Waals surface area contributed by atoms with Crippen LogP contribution in [0.1, 0.15) is 55.9 Å². The van der Waals surface area contributed by atoms with Crippen LogP contribution in [-0.2, 0) is 11.0 Å². The smallest absolute Gasteiger partial charge is 0.131 e. The number of halogens is 1. The Balaban J connectivity index is 1.77. The predicted molar refractivity (Wildman–Crippen MR) is 118 cm³/mol. The molecule has 5 heteroatoms. The lowest BCUT2D eigenvalue weighted by Gasteiger charge is -2.41. The first-order valence-electron chi connectivity index (χ1n) is 10.4. The quantitative estimate of drug-likeness (QED) is 0.617. The van der Waals surface area contributed by atoms with E-state index in [9.17, 15) is 14.8 Å². The summed E-state index contributed by atoms with van der Waals surface area (Å²) in [6.07, 6.45) is 6.27. The first kappa shape index (κ1) is 21.1. The molecule has 1 N–H and O–H groups in total. The van der Waals surface area contributed by atoms with Gasteiger partial charge < -0.3 is 5.11 Å². The molecule has 4 nitrogen and oxygen atoms in total. The van der Waals surface area contributed by atoms with E-state index < -0.39 is 16.4 Å². The van der Waals surface area contributed by atoms with Gasteiger partial charge in [-0.15, -0.1) is 0 Å². The van der Waals surface area contributed by atoms with Gasteiger partial charge in [0.1, 0.15) is 17.7 Å². The number of nitrogens with zero attached hydrogens (tertiary/aromatic N) is 3. The molecule has 3 aromatic rings. The van der Waals surface area contributed by atoms with Crippen molar-refractivity contribution in [3.8, 4) is 17.2 Å². The minimum Gasteiger partial charge on any atom is -0.380 e. The minimum absolute atomic E-state index is 0.339. The van der Waals surface area contributed by atoms with Crippen LogP contribution >= 0.6 is 0 Å². The van der Waals surface area contributed by atoms with Gasteiger partial charge >= 0.3 is 0 Å². The zero-order valence-corrected chi connectivity index (χ0v) is 18.3. The van der Waals surface area contributed by atoms with Crippen molar-refractivity contribution in [1.82, 2.24) is 9.97 Å². The van der Waals surface area contributed by atoms with Crippen LogP contribution in [0.4, 0.5) is 4.39 Å². The van der Waals surface area contributed by atoms with Crippen LogP contribution in [0.25, 0.3) is 11.1 Å². The van der Waals surface area contributed by atoms with Crippen molar-refractivity contribution in [2.75, 3.05) is 0 Å². The highest BCUT2D eigenvalue weighted by atomic mass is 19.1. The second kappa shape index (κ2) is 7.25. The van der Waals surface area contributed by atoms with Crippen molar-refractivity contribution in [2.24, 2.45) is 5.41 Å². The SMILES string of the molecule is Cc1cc(-c2ccc(C3(C#N)CC3)cc2F)ccc1C(O)(c1cncnc1)C(C)(C)C. The Kier molecular flexibility index (Phi) is 4.94. The number of aromatic nitrogens is 2. The van der Waals surface area contributed by atoms with Gasteiger partial charge in [0, 0.05) is 23.5 Å². The molecule has 0 radical (unpaired) electrons. The van der Waals surface area contributed by atoms with Gasteiger partial charge in [0.25, 0.3) is 0 Å². The number of aliphatic hydroxyl groups is 1. The molecule has 1 aliphatic carbocycles. The highest BCUT2D eigenvalue weighted by Crippen LogP contribution is 2.49. The van der Waals surface area contributed by atoms with E-state index in [0.717, 1.165) is 35.1 Å². The maximum atomic E-state index is 15.0. The van der Waals surface area contributed by atoms with E-state index in [1.165, 1.54) is 12.4 Å². The second-order valence-electron chi connectivity index (χ2n) is 9.51. The van der Waals surface area contributed by atoms with Gasteiger partial charge in [-0.3, -0.25) is 0 Å². The van der Waals surface area contributed by atoms with Crippen molar-refractivity contribution < 1.29 is 9.50 Å². The van der Waals surface area contributed by atoms with Crippen LogP contribution in [0.5, 0.6) is 0 Å². The summed E-state index contributed by atoms with van der Waals surface area (Å²) in [4.78, 5) is 8.19.